The summed E-state index contributed by atoms with van der Waals surface area (Å²) in [7, 11) is 1.39. The van der Waals surface area contributed by atoms with Crippen LogP contribution in [0.4, 0.5) is 0 Å². The van der Waals surface area contributed by atoms with E-state index in [1.54, 1.807) is 0 Å². The number of methoxy groups -OCH3 is 1. The highest BCUT2D eigenvalue weighted by atomic mass is 16.6. The van der Waals surface area contributed by atoms with Crippen LogP contribution in [-0.4, -0.2) is 62.0 Å². The van der Waals surface area contributed by atoms with Crippen LogP contribution in [0, 0.1) is 0 Å². The molecule has 1 N–H and O–H groups in total. The van der Waals surface area contributed by atoms with Crippen LogP contribution < -0.4 is 0 Å². The quantitative estimate of drug-likeness (QED) is 0.520. The lowest BCUT2D eigenvalue weighted by atomic mass is 10.2. The second kappa shape index (κ2) is 8.44. The van der Waals surface area contributed by atoms with Crippen molar-refractivity contribution in [2.24, 2.45) is 0 Å². The number of unbranched alkanes of at least 4 members (excludes halogenated alkanes) is 3. The Kier molecular flexibility index (Phi) is 7.16. The number of aliphatic hydroxyl groups is 1. The predicted molar refractivity (Wildman–Crippen MR) is 63.7 cm³/mol. The molecule has 100 valence electrons. The van der Waals surface area contributed by atoms with Gasteiger partial charge in [0, 0.05) is 19.7 Å². The van der Waals surface area contributed by atoms with Gasteiger partial charge in [0.1, 0.15) is 0 Å². The third-order valence-corrected chi connectivity index (χ3v) is 3.00. The minimum atomic E-state index is -0.425. The van der Waals surface area contributed by atoms with Crippen LogP contribution in [0.3, 0.4) is 0 Å². The van der Waals surface area contributed by atoms with Crippen LogP contribution in [-0.2, 0) is 14.3 Å². The second-order valence-electron chi connectivity index (χ2n) is 4.32. The fourth-order valence-corrected chi connectivity index (χ4v) is 1.98. The van der Waals surface area contributed by atoms with E-state index in [1.807, 2.05) is 0 Å². The van der Waals surface area contributed by atoms with E-state index in [0.717, 1.165) is 38.8 Å². The molecule has 0 aromatic carbocycles. The molecule has 0 aromatic heterocycles. The van der Waals surface area contributed by atoms with Crippen LogP contribution in [0.25, 0.3) is 0 Å². The maximum atomic E-state index is 11.3. The van der Waals surface area contributed by atoms with Gasteiger partial charge in [-0.05, 0) is 19.4 Å². The topological polar surface area (TPSA) is 59.0 Å². The Hall–Kier alpha value is -0.650. The van der Waals surface area contributed by atoms with E-state index < -0.39 is 6.10 Å². The minimum Gasteiger partial charge on any atom is -0.467 e. The molecule has 0 aromatic rings. The highest BCUT2D eigenvalue weighted by Crippen LogP contribution is 2.09. The molecular formula is C12H23NO4. The van der Waals surface area contributed by atoms with E-state index in [9.17, 15) is 4.79 Å². The first-order valence-electron chi connectivity index (χ1n) is 6.30. The molecule has 17 heavy (non-hydrogen) atoms. The molecule has 1 rings (SSSR count). The van der Waals surface area contributed by atoms with Crippen molar-refractivity contribution in [1.29, 1.82) is 0 Å². The van der Waals surface area contributed by atoms with Crippen LogP contribution in [0.2, 0.25) is 0 Å². The van der Waals surface area contributed by atoms with Crippen molar-refractivity contribution in [3.63, 3.8) is 0 Å². The molecule has 0 saturated carbocycles. The molecule has 0 radical (unpaired) electrons. The van der Waals surface area contributed by atoms with Crippen molar-refractivity contribution in [2.45, 2.75) is 31.8 Å². The van der Waals surface area contributed by atoms with Gasteiger partial charge >= 0.3 is 5.97 Å². The van der Waals surface area contributed by atoms with Crippen LogP contribution in [0.5, 0.6) is 0 Å². The lowest BCUT2D eigenvalue weighted by Crippen LogP contribution is -2.46. The molecule has 1 atom stereocenters. The average Bonchev–Trinajstić information content (AvgIpc) is 2.38. The van der Waals surface area contributed by atoms with E-state index in [0.29, 0.717) is 13.2 Å². The molecule has 5 heteroatoms. The number of carbonyl (C=O) groups is 1. The van der Waals surface area contributed by atoms with Gasteiger partial charge in [0.25, 0.3) is 0 Å². The number of morpholine rings is 1. The van der Waals surface area contributed by atoms with Gasteiger partial charge in [0.05, 0.1) is 13.7 Å². The van der Waals surface area contributed by atoms with Gasteiger partial charge in [-0.15, -0.1) is 0 Å². The van der Waals surface area contributed by atoms with Crippen LogP contribution in [0.15, 0.2) is 0 Å². The molecule has 1 unspecified atom stereocenters. The van der Waals surface area contributed by atoms with Crippen molar-refractivity contribution in [3.8, 4) is 0 Å². The summed E-state index contributed by atoms with van der Waals surface area (Å²) in [6, 6.07) is 0. The normalized spacial score (nSPS) is 21.4. The summed E-state index contributed by atoms with van der Waals surface area (Å²) in [6.45, 7) is 3.38. The Morgan fingerprint density at radius 2 is 2.18 bits per heavy atom. The largest absolute Gasteiger partial charge is 0.467 e. The predicted octanol–water partition coefficient (Wildman–Crippen LogP) is 0.413. The number of esters is 1. The van der Waals surface area contributed by atoms with Gasteiger partial charge in [-0.1, -0.05) is 12.8 Å². The van der Waals surface area contributed by atoms with Gasteiger partial charge in [0.2, 0.25) is 0 Å². The lowest BCUT2D eigenvalue weighted by Gasteiger charge is -2.31. The summed E-state index contributed by atoms with van der Waals surface area (Å²) in [4.78, 5) is 13.6. The van der Waals surface area contributed by atoms with Crippen molar-refractivity contribution in [1.82, 2.24) is 4.90 Å². The summed E-state index contributed by atoms with van der Waals surface area (Å²) >= 11 is 0. The summed E-state index contributed by atoms with van der Waals surface area (Å²) in [5, 5.41) is 8.66. The van der Waals surface area contributed by atoms with E-state index in [1.165, 1.54) is 7.11 Å². The van der Waals surface area contributed by atoms with Gasteiger partial charge in [0.15, 0.2) is 6.10 Å². The third-order valence-electron chi connectivity index (χ3n) is 3.00. The zero-order valence-electron chi connectivity index (χ0n) is 10.6. The Morgan fingerprint density at radius 3 is 2.88 bits per heavy atom. The highest BCUT2D eigenvalue weighted by molar-refractivity contribution is 5.74. The zero-order chi connectivity index (χ0) is 12.5. The van der Waals surface area contributed by atoms with Crippen molar-refractivity contribution in [3.05, 3.63) is 0 Å². The molecule has 0 bridgehead atoms. The van der Waals surface area contributed by atoms with E-state index in [4.69, 9.17) is 9.84 Å². The number of rotatable bonds is 7. The molecular weight excluding hydrogens is 222 g/mol. The number of carbonyl (C=O) groups excluding carboxylic acids is 1. The standard InChI is InChI=1S/C12H23NO4/c1-16-12(15)11-10-13(7-9-17-11)6-4-2-3-5-8-14/h11,14H,2-10H2,1H3. The minimum absolute atomic E-state index is 0.280. The number of hydrogen-bond acceptors (Lipinski definition) is 5. The fraction of sp³-hybridized carbons (Fsp3) is 0.917. The van der Waals surface area contributed by atoms with Gasteiger partial charge in [-0.3, -0.25) is 4.90 Å². The van der Waals surface area contributed by atoms with Crippen molar-refractivity contribution < 1.29 is 19.4 Å². The lowest BCUT2D eigenvalue weighted by molar-refractivity contribution is -0.159. The molecule has 1 heterocycles. The molecule has 0 aliphatic carbocycles. The fourth-order valence-electron chi connectivity index (χ4n) is 1.98. The SMILES string of the molecule is COC(=O)C1CN(CCCCCCO)CCO1. The van der Waals surface area contributed by atoms with Gasteiger partial charge in [-0.2, -0.15) is 0 Å². The summed E-state index contributed by atoms with van der Waals surface area (Å²) in [5.41, 5.74) is 0. The first-order valence-corrected chi connectivity index (χ1v) is 6.30. The van der Waals surface area contributed by atoms with E-state index in [2.05, 4.69) is 9.64 Å². The maximum Gasteiger partial charge on any atom is 0.336 e. The maximum absolute atomic E-state index is 11.3. The van der Waals surface area contributed by atoms with Crippen molar-refractivity contribution in [2.75, 3.05) is 40.0 Å². The number of nitrogens with zero attached hydrogens (tertiary/aromatic N) is 1. The second-order valence-corrected chi connectivity index (χ2v) is 4.32. The summed E-state index contributed by atoms with van der Waals surface area (Å²) < 4.78 is 10.0. The Morgan fingerprint density at radius 1 is 1.41 bits per heavy atom. The highest BCUT2D eigenvalue weighted by Gasteiger charge is 2.26. The Labute approximate surface area is 103 Å². The van der Waals surface area contributed by atoms with Crippen LogP contribution in [0.1, 0.15) is 25.7 Å². The molecule has 1 aliphatic heterocycles. The van der Waals surface area contributed by atoms with Crippen molar-refractivity contribution >= 4 is 5.97 Å². The average molecular weight is 245 g/mol. The number of ether oxygens (including phenoxy) is 2. The summed E-state index contributed by atoms with van der Waals surface area (Å²) in [5.74, 6) is -0.282. The Balaban J connectivity index is 2.14. The van der Waals surface area contributed by atoms with E-state index in [-0.39, 0.29) is 12.6 Å². The molecule has 1 fully saturated rings. The number of aliphatic hydroxyl groups excluding tert-OH is 1. The molecule has 0 spiro atoms. The van der Waals surface area contributed by atoms with Gasteiger partial charge < -0.3 is 14.6 Å². The monoisotopic (exact) mass is 245 g/mol. The molecule has 5 nitrogen and oxygen atoms in total. The summed E-state index contributed by atoms with van der Waals surface area (Å²) in [6.07, 6.45) is 3.76. The molecule has 1 saturated heterocycles. The Bertz CT molecular complexity index is 223. The third kappa shape index (κ3) is 5.48. The first-order chi connectivity index (χ1) is 8.27. The van der Waals surface area contributed by atoms with Gasteiger partial charge in [-0.25, -0.2) is 4.79 Å². The first kappa shape index (κ1) is 14.4. The smallest absolute Gasteiger partial charge is 0.336 e. The molecule has 0 amide bonds. The van der Waals surface area contributed by atoms with E-state index >= 15 is 0 Å². The zero-order valence-corrected chi connectivity index (χ0v) is 10.6. The number of hydrogen-bond donors (Lipinski definition) is 1. The van der Waals surface area contributed by atoms with Crippen LogP contribution >= 0.6 is 0 Å². The molecule has 1 aliphatic rings.